The maximum absolute atomic E-state index is 12.9. The number of nitrogens with zero attached hydrogens (tertiary/aromatic N) is 3. The van der Waals surface area contributed by atoms with Crippen LogP contribution < -0.4 is 0 Å². The number of carbonyl (C=O) groups is 1. The summed E-state index contributed by atoms with van der Waals surface area (Å²) in [6.07, 6.45) is 0. The van der Waals surface area contributed by atoms with Gasteiger partial charge in [0.25, 0.3) is 11.6 Å². The van der Waals surface area contributed by atoms with E-state index >= 15 is 0 Å². The number of hydrogen-bond acceptors (Lipinski definition) is 5. The highest BCUT2D eigenvalue weighted by molar-refractivity contribution is 8.13. The van der Waals surface area contributed by atoms with Crippen molar-refractivity contribution < 1.29 is 9.72 Å². The molecule has 2 aromatic carbocycles. The zero-order valence-electron chi connectivity index (χ0n) is 14.9. The number of amidine groups is 1. The Morgan fingerprint density at radius 2 is 2.07 bits per heavy atom. The summed E-state index contributed by atoms with van der Waals surface area (Å²) in [7, 11) is 0. The molecule has 0 unspecified atom stereocenters. The van der Waals surface area contributed by atoms with Crippen LogP contribution in [0.25, 0.3) is 0 Å². The summed E-state index contributed by atoms with van der Waals surface area (Å²) in [4.78, 5) is 29.5. The first-order valence-electron chi connectivity index (χ1n) is 8.36. The van der Waals surface area contributed by atoms with E-state index in [4.69, 9.17) is 11.6 Å². The minimum absolute atomic E-state index is 0.0190. The van der Waals surface area contributed by atoms with Gasteiger partial charge in [0, 0.05) is 23.4 Å². The Labute approximate surface area is 166 Å². The third-order valence-electron chi connectivity index (χ3n) is 4.29. The minimum atomic E-state index is -0.570. The molecule has 1 aliphatic heterocycles. The normalized spacial score (nSPS) is 13.6. The number of nitro benzene ring substituents is 1. The van der Waals surface area contributed by atoms with E-state index in [0.29, 0.717) is 24.0 Å². The van der Waals surface area contributed by atoms with Gasteiger partial charge in [-0.15, -0.1) is 0 Å². The molecule has 1 heterocycles. The minimum Gasteiger partial charge on any atom is -0.285 e. The van der Waals surface area contributed by atoms with Crippen molar-refractivity contribution >= 4 is 40.1 Å². The monoisotopic (exact) mass is 403 g/mol. The van der Waals surface area contributed by atoms with Gasteiger partial charge >= 0.3 is 0 Å². The number of aryl methyl sites for hydroxylation is 2. The fraction of sp³-hybridized carbons (Fsp3) is 0.263. The van der Waals surface area contributed by atoms with Gasteiger partial charge in [-0.05, 0) is 37.1 Å². The second-order valence-corrected chi connectivity index (χ2v) is 7.64. The van der Waals surface area contributed by atoms with Crippen molar-refractivity contribution in [2.24, 2.45) is 4.99 Å². The summed E-state index contributed by atoms with van der Waals surface area (Å²) >= 11 is 7.42. The highest BCUT2D eigenvalue weighted by atomic mass is 35.5. The molecule has 1 aliphatic rings. The molecule has 0 aliphatic carbocycles. The lowest BCUT2D eigenvalue weighted by Gasteiger charge is -2.18. The molecule has 2 aromatic rings. The van der Waals surface area contributed by atoms with Crippen LogP contribution in [0.2, 0.25) is 5.02 Å². The van der Waals surface area contributed by atoms with Crippen molar-refractivity contribution in [3.8, 4) is 0 Å². The molecule has 8 heteroatoms. The SMILES string of the molecule is Cc1ccc(C)c(CSC2=NCCN2C(=O)c2cc(Cl)ccc2[N+](=O)[O-])c1. The van der Waals surface area contributed by atoms with Crippen LogP contribution in [-0.2, 0) is 5.75 Å². The molecule has 0 atom stereocenters. The van der Waals surface area contributed by atoms with E-state index < -0.39 is 10.8 Å². The van der Waals surface area contributed by atoms with Crippen molar-refractivity contribution in [1.82, 2.24) is 4.90 Å². The molecule has 0 N–H and O–H groups in total. The number of benzene rings is 2. The number of halogens is 1. The number of aliphatic imine (C=N–C) groups is 1. The van der Waals surface area contributed by atoms with Crippen molar-refractivity contribution in [1.29, 1.82) is 0 Å². The maximum atomic E-state index is 12.9. The summed E-state index contributed by atoms with van der Waals surface area (Å²) in [6.45, 7) is 4.96. The second-order valence-electron chi connectivity index (χ2n) is 6.26. The van der Waals surface area contributed by atoms with Crippen molar-refractivity contribution in [2.75, 3.05) is 13.1 Å². The molecule has 3 rings (SSSR count). The largest absolute Gasteiger partial charge is 0.285 e. The number of hydrogen-bond donors (Lipinski definition) is 0. The predicted octanol–water partition coefficient (Wildman–Crippen LogP) is 4.61. The van der Waals surface area contributed by atoms with Gasteiger partial charge in [-0.2, -0.15) is 0 Å². The Kier molecular flexibility index (Phi) is 5.82. The topological polar surface area (TPSA) is 75.8 Å². The number of rotatable bonds is 4. The Hall–Kier alpha value is -2.38. The number of amides is 1. The van der Waals surface area contributed by atoms with E-state index in [-0.39, 0.29) is 16.3 Å². The van der Waals surface area contributed by atoms with Gasteiger partial charge in [-0.3, -0.25) is 24.8 Å². The molecule has 6 nitrogen and oxygen atoms in total. The summed E-state index contributed by atoms with van der Waals surface area (Å²) in [5, 5.41) is 12.1. The smallest absolute Gasteiger partial charge is 0.282 e. The lowest BCUT2D eigenvalue weighted by Crippen LogP contribution is -2.33. The van der Waals surface area contributed by atoms with Gasteiger partial charge in [0.2, 0.25) is 0 Å². The Morgan fingerprint density at radius 3 is 2.81 bits per heavy atom. The lowest BCUT2D eigenvalue weighted by atomic mass is 10.1. The summed E-state index contributed by atoms with van der Waals surface area (Å²) in [5.74, 6) is 0.224. The van der Waals surface area contributed by atoms with E-state index in [2.05, 4.69) is 23.2 Å². The Morgan fingerprint density at radius 1 is 1.30 bits per heavy atom. The Balaban J connectivity index is 1.80. The van der Waals surface area contributed by atoms with Crippen LogP contribution in [0.3, 0.4) is 0 Å². The molecule has 27 heavy (non-hydrogen) atoms. The number of thioether (sulfide) groups is 1. The zero-order chi connectivity index (χ0) is 19.6. The molecule has 140 valence electrons. The van der Waals surface area contributed by atoms with Gasteiger partial charge < -0.3 is 0 Å². The van der Waals surface area contributed by atoms with Crippen LogP contribution in [0, 0.1) is 24.0 Å². The molecule has 0 radical (unpaired) electrons. The third kappa shape index (κ3) is 4.31. The average molecular weight is 404 g/mol. The number of carbonyl (C=O) groups excluding carboxylic acids is 1. The molecule has 0 saturated heterocycles. The lowest BCUT2D eigenvalue weighted by molar-refractivity contribution is -0.385. The molecule has 0 bridgehead atoms. The van der Waals surface area contributed by atoms with Crippen LogP contribution in [0.1, 0.15) is 27.0 Å². The molecule has 0 saturated carbocycles. The maximum Gasteiger partial charge on any atom is 0.282 e. The van der Waals surface area contributed by atoms with Crippen LogP contribution in [0.4, 0.5) is 5.69 Å². The highest BCUT2D eigenvalue weighted by Gasteiger charge is 2.30. The molecular formula is C19H18ClN3O3S. The van der Waals surface area contributed by atoms with Crippen molar-refractivity contribution in [2.45, 2.75) is 19.6 Å². The van der Waals surface area contributed by atoms with E-state index in [1.807, 2.05) is 13.8 Å². The van der Waals surface area contributed by atoms with Crippen LogP contribution in [0.15, 0.2) is 41.4 Å². The Bertz CT molecular complexity index is 946. The van der Waals surface area contributed by atoms with E-state index in [0.717, 1.165) is 0 Å². The molecule has 0 spiro atoms. The first kappa shape index (κ1) is 19.4. The first-order valence-corrected chi connectivity index (χ1v) is 9.72. The quantitative estimate of drug-likeness (QED) is 0.551. The van der Waals surface area contributed by atoms with Crippen LogP contribution in [0.5, 0.6) is 0 Å². The van der Waals surface area contributed by atoms with Crippen LogP contribution >= 0.6 is 23.4 Å². The molecule has 0 aromatic heterocycles. The average Bonchev–Trinajstić information content (AvgIpc) is 3.10. The highest BCUT2D eigenvalue weighted by Crippen LogP contribution is 2.28. The summed E-state index contributed by atoms with van der Waals surface area (Å²) in [5.41, 5.74) is 3.25. The van der Waals surface area contributed by atoms with Gasteiger partial charge in [-0.1, -0.05) is 47.1 Å². The third-order valence-corrected chi connectivity index (χ3v) is 5.59. The van der Waals surface area contributed by atoms with Gasteiger partial charge in [0.05, 0.1) is 11.5 Å². The number of nitro groups is 1. The van der Waals surface area contributed by atoms with Gasteiger partial charge in [0.15, 0.2) is 5.17 Å². The van der Waals surface area contributed by atoms with Crippen LogP contribution in [-0.4, -0.2) is 34.0 Å². The van der Waals surface area contributed by atoms with E-state index in [9.17, 15) is 14.9 Å². The zero-order valence-corrected chi connectivity index (χ0v) is 16.5. The van der Waals surface area contributed by atoms with Gasteiger partial charge in [0.1, 0.15) is 5.56 Å². The van der Waals surface area contributed by atoms with Crippen molar-refractivity contribution in [3.05, 3.63) is 73.8 Å². The fourth-order valence-electron chi connectivity index (χ4n) is 2.82. The molecular weight excluding hydrogens is 386 g/mol. The first-order chi connectivity index (χ1) is 12.9. The van der Waals surface area contributed by atoms with Gasteiger partial charge in [-0.25, -0.2) is 0 Å². The predicted molar refractivity (Wildman–Crippen MR) is 109 cm³/mol. The summed E-state index contributed by atoms with van der Waals surface area (Å²) < 4.78 is 0. The van der Waals surface area contributed by atoms with Crippen molar-refractivity contribution in [3.63, 3.8) is 0 Å². The molecule has 0 fully saturated rings. The standard InChI is InChI=1S/C19H18ClN3O3S/c1-12-3-4-13(2)14(9-12)11-27-19-21-7-8-22(19)18(24)16-10-15(20)5-6-17(16)23(25)26/h3-6,9-10H,7-8,11H2,1-2H3. The van der Waals surface area contributed by atoms with E-state index in [1.54, 1.807) is 0 Å². The summed E-state index contributed by atoms with van der Waals surface area (Å²) in [6, 6.07) is 10.3. The second kappa shape index (κ2) is 8.10. The van der Waals surface area contributed by atoms with E-state index in [1.165, 1.54) is 51.6 Å². The molecule has 1 amide bonds. The fourth-order valence-corrected chi connectivity index (χ4v) is 4.10.